The first kappa shape index (κ1) is 20.5. The largest absolute Gasteiger partial charge is 0.493 e. The van der Waals surface area contributed by atoms with Crippen LogP contribution in [0.1, 0.15) is 6.42 Å². The molecule has 0 aliphatic heterocycles. The molecule has 1 N–H and O–H groups in total. The number of halogens is 1. The maximum Gasteiger partial charge on any atom is 0.228 e. The molecule has 0 spiro atoms. The standard InChI is InChI=1S/C15H24N2O4.ClH/c1-16-8-7-15(18)17(9-10-19-2)12-5-6-13(20-3)14(11-12)21-4;/h5-6,11,16H,7-10H2,1-4H3;1H. The molecule has 7 heteroatoms. The number of amides is 1. The summed E-state index contributed by atoms with van der Waals surface area (Å²) in [6, 6.07) is 5.43. The molecule has 1 aromatic carbocycles. The molecular formula is C15H25ClN2O4. The highest BCUT2D eigenvalue weighted by molar-refractivity contribution is 5.93. The topological polar surface area (TPSA) is 60.0 Å². The number of ether oxygens (including phenoxy) is 3. The molecule has 0 radical (unpaired) electrons. The molecule has 6 nitrogen and oxygen atoms in total. The van der Waals surface area contributed by atoms with E-state index in [0.29, 0.717) is 37.6 Å². The van der Waals surface area contributed by atoms with Gasteiger partial charge in [0, 0.05) is 38.4 Å². The Balaban J connectivity index is 0.00000441. The van der Waals surface area contributed by atoms with Crippen molar-refractivity contribution in [1.82, 2.24) is 5.32 Å². The smallest absolute Gasteiger partial charge is 0.228 e. The molecule has 126 valence electrons. The number of nitrogens with zero attached hydrogens (tertiary/aromatic N) is 1. The lowest BCUT2D eigenvalue weighted by atomic mass is 10.2. The minimum Gasteiger partial charge on any atom is -0.493 e. The van der Waals surface area contributed by atoms with E-state index in [1.54, 1.807) is 38.4 Å². The predicted molar refractivity (Wildman–Crippen MR) is 89.6 cm³/mol. The molecule has 0 saturated heterocycles. The summed E-state index contributed by atoms with van der Waals surface area (Å²) in [5.74, 6) is 1.27. The van der Waals surface area contributed by atoms with Gasteiger partial charge in [-0.25, -0.2) is 0 Å². The molecule has 0 fully saturated rings. The number of carbonyl (C=O) groups is 1. The molecule has 0 aliphatic carbocycles. The molecule has 1 rings (SSSR count). The van der Waals surface area contributed by atoms with Crippen LogP contribution in [0.5, 0.6) is 11.5 Å². The predicted octanol–water partition coefficient (Wildman–Crippen LogP) is 1.71. The third kappa shape index (κ3) is 5.71. The number of anilines is 1. The summed E-state index contributed by atoms with van der Waals surface area (Å²) >= 11 is 0. The third-order valence-corrected chi connectivity index (χ3v) is 3.09. The lowest BCUT2D eigenvalue weighted by Crippen LogP contribution is -2.35. The molecule has 0 aromatic heterocycles. The number of methoxy groups -OCH3 is 3. The minimum absolute atomic E-state index is 0. The van der Waals surface area contributed by atoms with Gasteiger partial charge in [0.05, 0.1) is 20.8 Å². The van der Waals surface area contributed by atoms with E-state index in [-0.39, 0.29) is 18.3 Å². The summed E-state index contributed by atoms with van der Waals surface area (Å²) in [6.45, 7) is 1.60. The van der Waals surface area contributed by atoms with E-state index in [4.69, 9.17) is 14.2 Å². The molecule has 0 bridgehead atoms. The van der Waals surface area contributed by atoms with Crippen LogP contribution in [0.15, 0.2) is 18.2 Å². The van der Waals surface area contributed by atoms with Gasteiger partial charge in [0.1, 0.15) is 0 Å². The van der Waals surface area contributed by atoms with Gasteiger partial charge >= 0.3 is 0 Å². The van der Waals surface area contributed by atoms with Crippen molar-refractivity contribution in [1.29, 1.82) is 0 Å². The van der Waals surface area contributed by atoms with E-state index in [0.717, 1.165) is 5.69 Å². The SMILES string of the molecule is CNCCC(=O)N(CCOC)c1ccc(OC)c(OC)c1.Cl. The van der Waals surface area contributed by atoms with Crippen molar-refractivity contribution < 1.29 is 19.0 Å². The van der Waals surface area contributed by atoms with Crippen molar-refractivity contribution in [2.45, 2.75) is 6.42 Å². The van der Waals surface area contributed by atoms with Crippen LogP contribution in [0.2, 0.25) is 0 Å². The zero-order valence-corrected chi connectivity index (χ0v) is 14.4. The molecule has 0 unspecified atom stereocenters. The van der Waals surface area contributed by atoms with Crippen LogP contribution < -0.4 is 19.7 Å². The van der Waals surface area contributed by atoms with Gasteiger partial charge in [0.15, 0.2) is 11.5 Å². The molecule has 0 saturated carbocycles. The third-order valence-electron chi connectivity index (χ3n) is 3.09. The molecule has 0 atom stereocenters. The van der Waals surface area contributed by atoms with Crippen molar-refractivity contribution in [2.75, 3.05) is 53.0 Å². The Kier molecular flexibility index (Phi) is 10.4. The fourth-order valence-corrected chi connectivity index (χ4v) is 1.94. The van der Waals surface area contributed by atoms with Crippen molar-refractivity contribution in [3.63, 3.8) is 0 Å². The number of carbonyl (C=O) groups excluding carboxylic acids is 1. The first-order valence-electron chi connectivity index (χ1n) is 6.83. The number of nitrogens with one attached hydrogen (secondary N) is 1. The Morgan fingerprint density at radius 1 is 1.18 bits per heavy atom. The second-order valence-electron chi connectivity index (χ2n) is 4.43. The summed E-state index contributed by atoms with van der Waals surface area (Å²) in [6.07, 6.45) is 0.425. The van der Waals surface area contributed by atoms with E-state index in [2.05, 4.69) is 5.32 Å². The maximum atomic E-state index is 12.3. The van der Waals surface area contributed by atoms with E-state index < -0.39 is 0 Å². The van der Waals surface area contributed by atoms with Crippen LogP contribution in [0.4, 0.5) is 5.69 Å². The van der Waals surface area contributed by atoms with Gasteiger partial charge in [-0.3, -0.25) is 4.79 Å². The van der Waals surface area contributed by atoms with Crippen LogP contribution >= 0.6 is 12.4 Å². The summed E-state index contributed by atoms with van der Waals surface area (Å²) in [7, 11) is 6.59. The normalized spacial score (nSPS) is 9.82. The zero-order valence-electron chi connectivity index (χ0n) is 13.5. The number of hydrogen-bond acceptors (Lipinski definition) is 5. The molecule has 22 heavy (non-hydrogen) atoms. The molecule has 1 aromatic rings. The second kappa shape index (κ2) is 11.1. The highest BCUT2D eigenvalue weighted by atomic mass is 35.5. The number of hydrogen-bond donors (Lipinski definition) is 1. The highest BCUT2D eigenvalue weighted by Gasteiger charge is 2.17. The van der Waals surface area contributed by atoms with E-state index in [1.165, 1.54) is 0 Å². The van der Waals surface area contributed by atoms with Crippen molar-refractivity contribution in [2.24, 2.45) is 0 Å². The first-order chi connectivity index (χ1) is 10.2. The van der Waals surface area contributed by atoms with Gasteiger partial charge in [0.2, 0.25) is 5.91 Å². The maximum absolute atomic E-state index is 12.3. The average Bonchev–Trinajstić information content (AvgIpc) is 2.52. The average molecular weight is 333 g/mol. The molecule has 0 aliphatic rings. The van der Waals surface area contributed by atoms with Crippen LogP contribution in [0, 0.1) is 0 Å². The van der Waals surface area contributed by atoms with Crippen LogP contribution in [0.25, 0.3) is 0 Å². The first-order valence-corrected chi connectivity index (χ1v) is 6.83. The van der Waals surface area contributed by atoms with Gasteiger partial charge in [-0.1, -0.05) is 0 Å². The number of rotatable bonds is 9. The van der Waals surface area contributed by atoms with E-state index >= 15 is 0 Å². The Bertz CT molecular complexity index is 457. The monoisotopic (exact) mass is 332 g/mol. The van der Waals surface area contributed by atoms with Gasteiger partial charge in [0.25, 0.3) is 0 Å². The number of benzene rings is 1. The summed E-state index contributed by atoms with van der Waals surface area (Å²) in [5.41, 5.74) is 0.769. The van der Waals surface area contributed by atoms with Crippen molar-refractivity contribution in [3.05, 3.63) is 18.2 Å². The Hall–Kier alpha value is -1.50. The summed E-state index contributed by atoms with van der Waals surface area (Å²) < 4.78 is 15.6. The van der Waals surface area contributed by atoms with Crippen LogP contribution in [0.3, 0.4) is 0 Å². The quantitative estimate of drug-likeness (QED) is 0.746. The van der Waals surface area contributed by atoms with Gasteiger partial charge < -0.3 is 24.4 Å². The minimum atomic E-state index is 0. The Morgan fingerprint density at radius 3 is 2.41 bits per heavy atom. The van der Waals surface area contributed by atoms with Crippen LogP contribution in [-0.2, 0) is 9.53 Å². The fraction of sp³-hybridized carbons (Fsp3) is 0.533. The van der Waals surface area contributed by atoms with Gasteiger partial charge in [-0.15, -0.1) is 12.4 Å². The van der Waals surface area contributed by atoms with Crippen LogP contribution in [-0.4, -0.2) is 54.0 Å². The molecular weight excluding hydrogens is 308 g/mol. The summed E-state index contributed by atoms with van der Waals surface area (Å²) in [4.78, 5) is 14.0. The van der Waals surface area contributed by atoms with Gasteiger partial charge in [-0.05, 0) is 19.2 Å². The lowest BCUT2D eigenvalue weighted by molar-refractivity contribution is -0.118. The summed E-state index contributed by atoms with van der Waals surface area (Å²) in [5, 5.41) is 2.98. The van der Waals surface area contributed by atoms with E-state index in [9.17, 15) is 4.79 Å². The van der Waals surface area contributed by atoms with Crippen molar-refractivity contribution >= 4 is 24.0 Å². The van der Waals surface area contributed by atoms with Gasteiger partial charge in [-0.2, -0.15) is 0 Å². The van der Waals surface area contributed by atoms with Crippen molar-refractivity contribution in [3.8, 4) is 11.5 Å². The highest BCUT2D eigenvalue weighted by Crippen LogP contribution is 2.31. The fourth-order valence-electron chi connectivity index (χ4n) is 1.94. The molecule has 1 amide bonds. The Labute approximate surface area is 138 Å². The lowest BCUT2D eigenvalue weighted by Gasteiger charge is -2.23. The molecule has 0 heterocycles. The van der Waals surface area contributed by atoms with E-state index in [1.807, 2.05) is 13.1 Å². The second-order valence-corrected chi connectivity index (χ2v) is 4.43. The zero-order chi connectivity index (χ0) is 15.7. The Morgan fingerprint density at radius 2 is 1.86 bits per heavy atom.